The number of aryl methyl sites for hydroxylation is 1. The van der Waals surface area contributed by atoms with Gasteiger partial charge < -0.3 is 11.1 Å². The Labute approximate surface area is 119 Å². The Hall–Kier alpha value is -1.07. The minimum Gasteiger partial charge on any atom is -0.368 e. The molecule has 1 fully saturated rings. The molecule has 5 nitrogen and oxygen atoms in total. The van der Waals surface area contributed by atoms with Crippen LogP contribution in [0.3, 0.4) is 0 Å². The van der Waals surface area contributed by atoms with Crippen molar-refractivity contribution < 1.29 is 0 Å². The molecule has 106 valence electrons. The largest absolute Gasteiger partial charge is 0.368 e. The predicted molar refractivity (Wildman–Crippen MR) is 79.6 cm³/mol. The number of hydrogen-bond acceptors (Lipinski definition) is 5. The van der Waals surface area contributed by atoms with Crippen molar-refractivity contribution >= 4 is 23.4 Å². The molecule has 0 aliphatic carbocycles. The molecule has 2 heterocycles. The Morgan fingerprint density at radius 2 is 1.95 bits per heavy atom. The quantitative estimate of drug-likeness (QED) is 0.888. The van der Waals surface area contributed by atoms with Gasteiger partial charge in [-0.2, -0.15) is 4.98 Å². The second kappa shape index (κ2) is 5.51. The first kappa shape index (κ1) is 14.3. The summed E-state index contributed by atoms with van der Waals surface area (Å²) in [4.78, 5) is 10.7. The van der Waals surface area contributed by atoms with Gasteiger partial charge in [-0.15, -0.1) is 0 Å². The zero-order valence-corrected chi connectivity index (χ0v) is 12.6. The van der Waals surface area contributed by atoms with E-state index in [1.54, 1.807) is 0 Å². The van der Waals surface area contributed by atoms with Crippen molar-refractivity contribution in [1.29, 1.82) is 0 Å². The molecule has 19 heavy (non-hydrogen) atoms. The van der Waals surface area contributed by atoms with Gasteiger partial charge in [0, 0.05) is 12.1 Å². The minimum absolute atomic E-state index is 0.0768. The first-order valence-electron chi connectivity index (χ1n) is 6.69. The Morgan fingerprint density at radius 3 is 2.58 bits per heavy atom. The summed E-state index contributed by atoms with van der Waals surface area (Å²) in [6.45, 7) is 9.40. The fraction of sp³-hybridized carbons (Fsp3) is 0.692. The zero-order valence-electron chi connectivity index (χ0n) is 11.8. The number of anilines is 2. The summed E-state index contributed by atoms with van der Waals surface area (Å²) in [6, 6.07) is 0. The smallest absolute Gasteiger partial charge is 0.222 e. The van der Waals surface area contributed by atoms with E-state index in [0.29, 0.717) is 16.5 Å². The predicted octanol–water partition coefficient (Wildman–Crippen LogP) is 2.31. The molecule has 3 N–H and O–H groups in total. The highest BCUT2D eigenvalue weighted by atomic mass is 35.5. The Balaban J connectivity index is 2.05. The standard InChI is InChI=1S/C13H22ClN5/c1-9-10(14)11(18-12(15)17-9)16-8-13(2,3)19-6-4-5-7-19/h4-8H2,1-3H3,(H3,15,16,17,18). The third kappa shape index (κ3) is 3.28. The van der Waals surface area contributed by atoms with Crippen LogP contribution in [0.5, 0.6) is 0 Å². The number of nitrogen functional groups attached to an aromatic ring is 1. The Kier molecular flexibility index (Phi) is 4.16. The van der Waals surface area contributed by atoms with Crippen LogP contribution in [-0.2, 0) is 0 Å². The van der Waals surface area contributed by atoms with Crippen molar-refractivity contribution in [2.45, 2.75) is 39.2 Å². The van der Waals surface area contributed by atoms with Gasteiger partial charge in [0.15, 0.2) is 5.82 Å². The van der Waals surface area contributed by atoms with Crippen LogP contribution in [0.25, 0.3) is 0 Å². The van der Waals surface area contributed by atoms with E-state index in [4.69, 9.17) is 17.3 Å². The van der Waals surface area contributed by atoms with Crippen LogP contribution in [0.1, 0.15) is 32.4 Å². The summed E-state index contributed by atoms with van der Waals surface area (Å²) in [5.41, 5.74) is 6.44. The highest BCUT2D eigenvalue weighted by Crippen LogP contribution is 2.25. The van der Waals surface area contributed by atoms with Crippen LogP contribution < -0.4 is 11.1 Å². The number of rotatable bonds is 4. The van der Waals surface area contributed by atoms with Gasteiger partial charge >= 0.3 is 0 Å². The van der Waals surface area contributed by atoms with Gasteiger partial charge in [0.1, 0.15) is 5.02 Å². The van der Waals surface area contributed by atoms with Crippen LogP contribution in [-0.4, -0.2) is 40.0 Å². The van der Waals surface area contributed by atoms with Crippen molar-refractivity contribution in [3.63, 3.8) is 0 Å². The number of halogens is 1. The molecule has 0 aromatic carbocycles. The molecule has 0 saturated carbocycles. The van der Waals surface area contributed by atoms with E-state index < -0.39 is 0 Å². The number of hydrogen-bond donors (Lipinski definition) is 2. The summed E-state index contributed by atoms with van der Waals surface area (Å²) in [5, 5.41) is 3.85. The van der Waals surface area contributed by atoms with Crippen LogP contribution in [0.15, 0.2) is 0 Å². The highest BCUT2D eigenvalue weighted by Gasteiger charge is 2.29. The van der Waals surface area contributed by atoms with Crippen molar-refractivity contribution in [3.05, 3.63) is 10.7 Å². The van der Waals surface area contributed by atoms with Gasteiger partial charge in [-0.25, -0.2) is 4.98 Å². The van der Waals surface area contributed by atoms with Gasteiger partial charge in [-0.05, 0) is 46.7 Å². The third-order valence-electron chi connectivity index (χ3n) is 3.68. The third-order valence-corrected chi connectivity index (χ3v) is 4.14. The molecule has 1 saturated heterocycles. The van der Waals surface area contributed by atoms with Crippen LogP contribution in [0.2, 0.25) is 5.02 Å². The molecule has 0 unspecified atom stereocenters. The van der Waals surface area contributed by atoms with Gasteiger partial charge in [0.2, 0.25) is 5.95 Å². The maximum Gasteiger partial charge on any atom is 0.222 e. The fourth-order valence-corrected chi connectivity index (χ4v) is 2.58. The van der Waals surface area contributed by atoms with Crippen molar-refractivity contribution in [3.8, 4) is 0 Å². The van der Waals surface area contributed by atoms with Crippen LogP contribution in [0, 0.1) is 6.92 Å². The van der Waals surface area contributed by atoms with E-state index in [-0.39, 0.29) is 11.5 Å². The molecule has 1 aromatic heterocycles. The maximum absolute atomic E-state index is 6.20. The number of likely N-dealkylation sites (tertiary alicyclic amines) is 1. The van der Waals surface area contributed by atoms with Gasteiger partial charge in [0.05, 0.1) is 5.69 Å². The van der Waals surface area contributed by atoms with Crippen LogP contribution in [0.4, 0.5) is 11.8 Å². The fourth-order valence-electron chi connectivity index (χ4n) is 2.43. The first-order chi connectivity index (χ1) is 8.90. The van der Waals surface area contributed by atoms with E-state index in [0.717, 1.165) is 19.6 Å². The molecule has 0 bridgehead atoms. The van der Waals surface area contributed by atoms with E-state index in [2.05, 4.69) is 34.0 Å². The molecular formula is C13H22ClN5. The molecule has 0 radical (unpaired) electrons. The first-order valence-corrected chi connectivity index (χ1v) is 7.06. The monoisotopic (exact) mass is 283 g/mol. The van der Waals surface area contributed by atoms with E-state index in [1.807, 2.05) is 6.92 Å². The maximum atomic E-state index is 6.20. The number of nitrogens with zero attached hydrogens (tertiary/aromatic N) is 3. The molecule has 2 rings (SSSR count). The SMILES string of the molecule is Cc1nc(N)nc(NCC(C)(C)N2CCCC2)c1Cl. The van der Waals surface area contributed by atoms with Crippen LogP contribution >= 0.6 is 11.6 Å². The van der Waals surface area contributed by atoms with Crippen molar-refractivity contribution in [2.24, 2.45) is 0 Å². The van der Waals surface area contributed by atoms with Gasteiger partial charge in [0.25, 0.3) is 0 Å². The van der Waals surface area contributed by atoms with E-state index >= 15 is 0 Å². The average molecular weight is 284 g/mol. The molecule has 0 amide bonds. The molecule has 6 heteroatoms. The summed E-state index contributed by atoms with van der Waals surface area (Å²) in [5.74, 6) is 0.877. The Bertz CT molecular complexity index is 455. The summed E-state index contributed by atoms with van der Waals surface area (Å²) < 4.78 is 0. The lowest BCUT2D eigenvalue weighted by Crippen LogP contribution is -2.47. The highest BCUT2D eigenvalue weighted by molar-refractivity contribution is 6.33. The lowest BCUT2D eigenvalue weighted by Gasteiger charge is -2.35. The summed E-state index contributed by atoms with van der Waals surface area (Å²) in [7, 11) is 0. The Morgan fingerprint density at radius 1 is 1.32 bits per heavy atom. The molecule has 0 atom stereocenters. The average Bonchev–Trinajstić information content (AvgIpc) is 2.86. The van der Waals surface area contributed by atoms with E-state index in [9.17, 15) is 0 Å². The van der Waals surface area contributed by atoms with Crippen molar-refractivity contribution in [2.75, 3.05) is 30.7 Å². The topological polar surface area (TPSA) is 67.1 Å². The summed E-state index contributed by atoms with van der Waals surface area (Å²) in [6.07, 6.45) is 2.56. The lowest BCUT2D eigenvalue weighted by atomic mass is 10.0. The summed E-state index contributed by atoms with van der Waals surface area (Å²) >= 11 is 6.20. The minimum atomic E-state index is 0.0768. The number of nitrogens with two attached hydrogens (primary N) is 1. The second-order valence-electron chi connectivity index (χ2n) is 5.69. The molecule has 0 spiro atoms. The van der Waals surface area contributed by atoms with Gasteiger partial charge in [-0.1, -0.05) is 11.6 Å². The molecule has 1 aliphatic rings. The van der Waals surface area contributed by atoms with Crippen molar-refractivity contribution in [1.82, 2.24) is 14.9 Å². The molecular weight excluding hydrogens is 262 g/mol. The van der Waals surface area contributed by atoms with Gasteiger partial charge in [-0.3, -0.25) is 4.90 Å². The number of aromatic nitrogens is 2. The second-order valence-corrected chi connectivity index (χ2v) is 6.07. The van der Waals surface area contributed by atoms with E-state index in [1.165, 1.54) is 12.8 Å². The zero-order chi connectivity index (χ0) is 14.0. The normalized spacial score (nSPS) is 16.8. The lowest BCUT2D eigenvalue weighted by molar-refractivity contribution is 0.168. The molecule has 1 aromatic rings. The number of nitrogens with one attached hydrogen (secondary N) is 1. The molecule has 1 aliphatic heterocycles.